The number of hydrogen-bond acceptors (Lipinski definition) is 2. The van der Waals surface area contributed by atoms with Crippen LogP contribution in [0.25, 0.3) is 0 Å². The highest BCUT2D eigenvalue weighted by Crippen LogP contribution is 2.14. The SMILES string of the molecule is O=C(C#CCc1ccc(OCc2ccccc2)cc1)c1ccccc1. The van der Waals surface area contributed by atoms with E-state index in [1.54, 1.807) is 12.1 Å². The van der Waals surface area contributed by atoms with Gasteiger partial charge in [-0.3, -0.25) is 4.79 Å². The van der Waals surface area contributed by atoms with Crippen LogP contribution in [0, 0.1) is 11.8 Å². The van der Waals surface area contributed by atoms with Gasteiger partial charge < -0.3 is 4.74 Å². The molecule has 0 radical (unpaired) electrons. The van der Waals surface area contributed by atoms with Crippen molar-refractivity contribution in [2.24, 2.45) is 0 Å². The van der Waals surface area contributed by atoms with Crippen LogP contribution in [0.3, 0.4) is 0 Å². The molecule has 3 aromatic carbocycles. The van der Waals surface area contributed by atoms with E-state index in [9.17, 15) is 4.79 Å². The molecule has 0 unspecified atom stereocenters. The molecule has 0 N–H and O–H groups in total. The van der Waals surface area contributed by atoms with Crippen molar-refractivity contribution in [1.82, 2.24) is 0 Å². The number of ketones is 1. The average molecular weight is 326 g/mol. The second kappa shape index (κ2) is 8.52. The van der Waals surface area contributed by atoms with Gasteiger partial charge in [0.25, 0.3) is 0 Å². The standard InChI is InChI=1S/C23H18O2/c24-23(21-11-5-2-6-12-21)13-7-10-19-14-16-22(17-15-19)25-18-20-8-3-1-4-9-20/h1-6,8-9,11-12,14-17H,10,18H2. The van der Waals surface area contributed by atoms with Crippen molar-refractivity contribution in [3.63, 3.8) is 0 Å². The Labute approximate surface area is 148 Å². The third kappa shape index (κ3) is 5.09. The van der Waals surface area contributed by atoms with Gasteiger partial charge in [-0.15, -0.1) is 0 Å². The summed E-state index contributed by atoms with van der Waals surface area (Å²) in [6, 6.07) is 27.0. The van der Waals surface area contributed by atoms with E-state index in [-0.39, 0.29) is 5.78 Å². The first-order valence-corrected chi connectivity index (χ1v) is 8.15. The Balaban J connectivity index is 1.53. The topological polar surface area (TPSA) is 26.3 Å². The van der Waals surface area contributed by atoms with Gasteiger partial charge in [0.2, 0.25) is 5.78 Å². The van der Waals surface area contributed by atoms with Crippen LogP contribution in [-0.4, -0.2) is 5.78 Å². The van der Waals surface area contributed by atoms with Crippen LogP contribution in [0.2, 0.25) is 0 Å². The van der Waals surface area contributed by atoms with Crippen LogP contribution in [0.4, 0.5) is 0 Å². The Morgan fingerprint density at radius 2 is 1.40 bits per heavy atom. The number of carbonyl (C=O) groups is 1. The van der Waals surface area contributed by atoms with Gasteiger partial charge in [0.1, 0.15) is 12.4 Å². The molecule has 0 amide bonds. The summed E-state index contributed by atoms with van der Waals surface area (Å²) in [5.41, 5.74) is 2.82. The summed E-state index contributed by atoms with van der Waals surface area (Å²) in [5, 5.41) is 0. The number of benzene rings is 3. The molecule has 3 rings (SSSR count). The van der Waals surface area contributed by atoms with Crippen LogP contribution in [0.15, 0.2) is 84.9 Å². The average Bonchev–Trinajstić information content (AvgIpc) is 2.69. The first-order valence-electron chi connectivity index (χ1n) is 8.15. The molecule has 0 aromatic heterocycles. The molecule has 0 fully saturated rings. The lowest BCUT2D eigenvalue weighted by Crippen LogP contribution is -1.95. The van der Waals surface area contributed by atoms with E-state index >= 15 is 0 Å². The van der Waals surface area contributed by atoms with E-state index in [2.05, 4.69) is 11.8 Å². The van der Waals surface area contributed by atoms with Crippen LogP contribution in [0.5, 0.6) is 5.75 Å². The number of Topliss-reactive ketones (excluding diaryl/α,β-unsaturated/α-hetero) is 1. The summed E-state index contributed by atoms with van der Waals surface area (Å²) in [5.74, 6) is 6.30. The summed E-state index contributed by atoms with van der Waals surface area (Å²) >= 11 is 0. The quantitative estimate of drug-likeness (QED) is 0.386. The highest BCUT2D eigenvalue weighted by molar-refractivity contribution is 6.08. The van der Waals surface area contributed by atoms with Gasteiger partial charge in [0.05, 0.1) is 0 Å². The van der Waals surface area contributed by atoms with E-state index in [0.717, 1.165) is 16.9 Å². The van der Waals surface area contributed by atoms with Crippen molar-refractivity contribution < 1.29 is 9.53 Å². The second-order valence-corrected chi connectivity index (χ2v) is 5.59. The maximum Gasteiger partial charge on any atom is 0.235 e. The van der Waals surface area contributed by atoms with Gasteiger partial charge in [-0.1, -0.05) is 78.7 Å². The highest BCUT2D eigenvalue weighted by Gasteiger charge is 1.99. The minimum atomic E-state index is -0.150. The van der Waals surface area contributed by atoms with Gasteiger partial charge in [-0.25, -0.2) is 0 Å². The van der Waals surface area contributed by atoms with Crippen molar-refractivity contribution in [3.05, 3.63) is 102 Å². The second-order valence-electron chi connectivity index (χ2n) is 5.59. The molecule has 0 heterocycles. The van der Waals surface area contributed by atoms with Gasteiger partial charge >= 0.3 is 0 Å². The molecule has 2 heteroatoms. The fourth-order valence-electron chi connectivity index (χ4n) is 2.33. The molecule has 25 heavy (non-hydrogen) atoms. The molecule has 3 aromatic rings. The van der Waals surface area contributed by atoms with Gasteiger partial charge in [-0.05, 0) is 29.2 Å². The molecule has 0 aliphatic rings. The monoisotopic (exact) mass is 326 g/mol. The predicted molar refractivity (Wildman–Crippen MR) is 99.5 cm³/mol. The van der Waals surface area contributed by atoms with Gasteiger partial charge in [0.15, 0.2) is 0 Å². The lowest BCUT2D eigenvalue weighted by molar-refractivity contribution is 0.105. The number of hydrogen-bond donors (Lipinski definition) is 0. The third-order valence-corrected chi connectivity index (χ3v) is 3.70. The van der Waals surface area contributed by atoms with E-state index in [4.69, 9.17) is 4.74 Å². The predicted octanol–water partition coefficient (Wildman–Crippen LogP) is 4.69. The molecule has 0 saturated carbocycles. The fourth-order valence-corrected chi connectivity index (χ4v) is 2.33. The van der Waals surface area contributed by atoms with Crippen molar-refractivity contribution >= 4 is 5.78 Å². The van der Waals surface area contributed by atoms with E-state index in [1.165, 1.54) is 0 Å². The smallest absolute Gasteiger partial charge is 0.235 e. The molecule has 0 bridgehead atoms. The van der Waals surface area contributed by atoms with Crippen molar-refractivity contribution in [2.45, 2.75) is 13.0 Å². The molecule has 2 nitrogen and oxygen atoms in total. The Bertz CT molecular complexity index is 870. The lowest BCUT2D eigenvalue weighted by Gasteiger charge is -2.06. The number of carbonyl (C=O) groups excluding carboxylic acids is 1. The Hall–Kier alpha value is -3.31. The molecule has 0 aliphatic heterocycles. The van der Waals surface area contributed by atoms with E-state index in [1.807, 2.05) is 72.8 Å². The molecule has 122 valence electrons. The van der Waals surface area contributed by atoms with Crippen LogP contribution < -0.4 is 4.74 Å². The molecule has 0 saturated heterocycles. The van der Waals surface area contributed by atoms with Crippen LogP contribution in [-0.2, 0) is 13.0 Å². The largest absolute Gasteiger partial charge is 0.489 e. The maximum atomic E-state index is 11.9. The molecular formula is C23H18O2. The third-order valence-electron chi connectivity index (χ3n) is 3.70. The minimum Gasteiger partial charge on any atom is -0.489 e. The van der Waals surface area contributed by atoms with Crippen molar-refractivity contribution in [3.8, 4) is 17.6 Å². The van der Waals surface area contributed by atoms with Crippen molar-refractivity contribution in [1.29, 1.82) is 0 Å². The first-order chi connectivity index (χ1) is 12.3. The van der Waals surface area contributed by atoms with Gasteiger partial charge in [-0.2, -0.15) is 0 Å². The summed E-state index contributed by atoms with van der Waals surface area (Å²) in [6.07, 6.45) is 0.539. The Morgan fingerprint density at radius 3 is 2.08 bits per heavy atom. The summed E-state index contributed by atoms with van der Waals surface area (Å²) in [7, 11) is 0. The molecular weight excluding hydrogens is 308 g/mol. The number of rotatable bonds is 5. The van der Waals surface area contributed by atoms with Crippen molar-refractivity contribution in [2.75, 3.05) is 0 Å². The van der Waals surface area contributed by atoms with Crippen LogP contribution in [0.1, 0.15) is 21.5 Å². The minimum absolute atomic E-state index is 0.150. The lowest BCUT2D eigenvalue weighted by atomic mass is 10.1. The Kier molecular flexibility index (Phi) is 5.64. The zero-order valence-electron chi connectivity index (χ0n) is 13.8. The Morgan fingerprint density at radius 1 is 0.760 bits per heavy atom. The normalized spacial score (nSPS) is 9.76. The van der Waals surface area contributed by atoms with E-state index in [0.29, 0.717) is 18.6 Å². The summed E-state index contributed by atoms with van der Waals surface area (Å²) in [6.45, 7) is 0.547. The summed E-state index contributed by atoms with van der Waals surface area (Å²) < 4.78 is 5.76. The highest BCUT2D eigenvalue weighted by atomic mass is 16.5. The molecule has 0 spiro atoms. The first kappa shape index (κ1) is 16.5. The zero-order chi connectivity index (χ0) is 17.3. The zero-order valence-corrected chi connectivity index (χ0v) is 13.8. The molecule has 0 atom stereocenters. The van der Waals surface area contributed by atoms with Gasteiger partial charge in [0, 0.05) is 12.0 Å². The van der Waals surface area contributed by atoms with Crippen LogP contribution >= 0.6 is 0 Å². The summed E-state index contributed by atoms with van der Waals surface area (Å²) in [4.78, 5) is 11.9. The van der Waals surface area contributed by atoms with E-state index < -0.39 is 0 Å². The maximum absolute atomic E-state index is 11.9. The fraction of sp³-hybridized carbons (Fsp3) is 0.0870. The number of ether oxygens (including phenoxy) is 1. The molecule has 0 aliphatic carbocycles.